The molecule has 1 aromatic carbocycles. The molecule has 1 aliphatic heterocycles. The molecule has 9 nitrogen and oxygen atoms in total. The number of ether oxygens (including phenoxy) is 1. The summed E-state index contributed by atoms with van der Waals surface area (Å²) in [7, 11) is 1.69. The molecule has 1 amide bonds. The lowest BCUT2D eigenvalue weighted by Crippen LogP contribution is -2.85. The Morgan fingerprint density at radius 2 is 1.93 bits per heavy atom. The fraction of sp³-hybridized carbons (Fsp3) is 0.594. The summed E-state index contributed by atoms with van der Waals surface area (Å²) in [6.45, 7) is 9.41. The zero-order chi connectivity index (χ0) is 28.8. The standard InChI is InChI=1S/C32H35FN6O3/c1-14-12-18(13-15(2)23(14)33)39-28(20-16(3)34-7-6-19(20)35-39)36-8-9-38(29(36)41)32-22-21-25(32)30-24(22)31(21,26(30)27(30)32)37(17(4)40)10-11-42-5/h8-9,12-13,16,21-22,24-27,34H,6-7,10-11H2,1-5H3/t16-,21?,22+,24?,25?,26?,27?,30?,31?,32?/m0/s1. The van der Waals surface area contributed by atoms with Gasteiger partial charge in [-0.3, -0.25) is 13.9 Å². The Labute approximate surface area is 242 Å². The number of carbonyl (C=O) groups is 1. The fourth-order valence-corrected chi connectivity index (χ4v) is 12.7. The smallest absolute Gasteiger partial charge is 0.334 e. The summed E-state index contributed by atoms with van der Waals surface area (Å²) in [6, 6.07) is 3.68. The van der Waals surface area contributed by atoms with Crippen LogP contribution in [-0.2, 0) is 21.5 Å². The highest BCUT2D eigenvalue weighted by Gasteiger charge is 3.23. The SMILES string of the molecule is COCCN(C(C)=O)C12C3C4C56C1C5C4(n1ccn(-c4c5c(nn4-c4cc(C)c(F)c(C)c4)CCN[C@H]5C)c1=O)[C@H]3C62. The minimum atomic E-state index is -0.211. The van der Waals surface area contributed by atoms with Gasteiger partial charge in [-0.05, 0) is 85.0 Å². The molecular formula is C32H35FN6O3. The van der Waals surface area contributed by atoms with Crippen molar-refractivity contribution in [3.63, 3.8) is 0 Å². The number of hydrogen-bond acceptors (Lipinski definition) is 5. The van der Waals surface area contributed by atoms with Crippen molar-refractivity contribution in [2.24, 2.45) is 40.9 Å². The Morgan fingerprint density at radius 1 is 1.17 bits per heavy atom. The summed E-state index contributed by atoms with van der Waals surface area (Å²) >= 11 is 0. The molecule has 42 heavy (non-hydrogen) atoms. The number of benzene rings is 1. The minimum absolute atomic E-state index is 0.0159. The van der Waals surface area contributed by atoms with Crippen LogP contribution < -0.4 is 11.0 Å². The average Bonchev–Trinajstić information content (AvgIpc) is 3.53. The van der Waals surface area contributed by atoms with Crippen LogP contribution in [0.1, 0.15) is 42.3 Å². The van der Waals surface area contributed by atoms with Crippen LogP contribution in [0, 0.1) is 60.6 Å². The number of aromatic nitrogens is 4. The number of hydrogen-bond donors (Lipinski definition) is 1. The Morgan fingerprint density at radius 3 is 2.55 bits per heavy atom. The lowest BCUT2D eigenvalue weighted by atomic mass is 9.34. The van der Waals surface area contributed by atoms with Crippen LogP contribution in [0.2, 0.25) is 0 Å². The molecule has 0 bridgehead atoms. The molecule has 10 heteroatoms. The van der Waals surface area contributed by atoms with Gasteiger partial charge < -0.3 is 15.0 Å². The van der Waals surface area contributed by atoms with Gasteiger partial charge in [-0.2, -0.15) is 5.10 Å². The zero-order valence-electron chi connectivity index (χ0n) is 24.5. The number of methoxy groups -OCH3 is 1. The van der Waals surface area contributed by atoms with Gasteiger partial charge >= 0.3 is 5.69 Å². The quantitative estimate of drug-likeness (QED) is 0.442. The number of fused-ring (bicyclic) bond motifs is 11. The first-order valence-corrected chi connectivity index (χ1v) is 15.4. The van der Waals surface area contributed by atoms with Gasteiger partial charge in [-0.1, -0.05) is 0 Å². The van der Waals surface area contributed by atoms with Crippen molar-refractivity contribution < 1.29 is 13.9 Å². The number of aryl methyl sites for hydroxylation is 2. The fourth-order valence-electron chi connectivity index (χ4n) is 12.7. The van der Waals surface area contributed by atoms with Crippen molar-refractivity contribution >= 4 is 5.91 Å². The molecule has 1 N–H and O–H groups in total. The van der Waals surface area contributed by atoms with Gasteiger partial charge in [0, 0.05) is 57.5 Å². The maximum Gasteiger partial charge on any atom is 0.334 e. The molecule has 6 aliphatic rings. The van der Waals surface area contributed by atoms with Gasteiger partial charge in [0.15, 0.2) is 0 Å². The van der Waals surface area contributed by atoms with Crippen molar-refractivity contribution in [1.82, 2.24) is 29.1 Å². The molecule has 0 saturated heterocycles. The Kier molecular flexibility index (Phi) is 4.00. The van der Waals surface area contributed by atoms with Gasteiger partial charge in [0.2, 0.25) is 5.91 Å². The molecule has 5 aliphatic carbocycles. The van der Waals surface area contributed by atoms with E-state index in [4.69, 9.17) is 9.84 Å². The van der Waals surface area contributed by atoms with E-state index in [9.17, 15) is 14.0 Å². The van der Waals surface area contributed by atoms with Gasteiger partial charge in [0.05, 0.1) is 29.1 Å². The average molecular weight is 571 g/mol. The van der Waals surface area contributed by atoms with E-state index in [1.54, 1.807) is 32.4 Å². The van der Waals surface area contributed by atoms with Crippen LogP contribution in [-0.4, -0.2) is 62.1 Å². The summed E-state index contributed by atoms with van der Waals surface area (Å²) in [5.74, 6) is 3.74. The predicted octanol–water partition coefficient (Wildman–Crippen LogP) is 2.48. The molecule has 1 spiro atoms. The largest absolute Gasteiger partial charge is 0.383 e. The maximum atomic E-state index is 14.6. The molecule has 5 saturated carbocycles. The molecule has 3 heterocycles. The van der Waals surface area contributed by atoms with Crippen molar-refractivity contribution in [3.8, 4) is 11.5 Å². The lowest BCUT2D eigenvalue weighted by Gasteiger charge is -2.77. The monoisotopic (exact) mass is 570 g/mol. The topological polar surface area (TPSA) is 86.3 Å². The first-order valence-electron chi connectivity index (χ1n) is 15.4. The molecule has 5 fully saturated rings. The van der Waals surface area contributed by atoms with E-state index >= 15 is 0 Å². The maximum absolute atomic E-state index is 14.6. The minimum Gasteiger partial charge on any atom is -0.383 e. The molecule has 2 aromatic heterocycles. The molecule has 218 valence electrons. The second-order valence-electron chi connectivity index (χ2n) is 14.1. The zero-order valence-corrected chi connectivity index (χ0v) is 24.5. The number of rotatable bonds is 7. The van der Waals surface area contributed by atoms with E-state index < -0.39 is 0 Å². The summed E-state index contributed by atoms with van der Waals surface area (Å²) < 4.78 is 25.7. The number of carbonyl (C=O) groups excluding carboxylic acids is 1. The third-order valence-corrected chi connectivity index (χ3v) is 13.2. The summed E-state index contributed by atoms with van der Waals surface area (Å²) in [4.78, 5) is 29.4. The molecular weight excluding hydrogens is 535 g/mol. The number of halogens is 1. The van der Waals surface area contributed by atoms with Crippen molar-refractivity contribution in [2.75, 3.05) is 26.8 Å². The van der Waals surface area contributed by atoms with E-state index in [1.807, 2.05) is 29.2 Å². The van der Waals surface area contributed by atoms with E-state index in [2.05, 4.69) is 21.7 Å². The Bertz CT molecular complexity index is 1820. The van der Waals surface area contributed by atoms with Crippen LogP contribution in [0.5, 0.6) is 0 Å². The van der Waals surface area contributed by atoms with E-state index in [0.29, 0.717) is 65.2 Å². The van der Waals surface area contributed by atoms with Crippen molar-refractivity contribution in [1.29, 1.82) is 0 Å². The highest BCUT2D eigenvalue weighted by Crippen LogP contribution is 3.19. The van der Waals surface area contributed by atoms with Gasteiger partial charge in [0.1, 0.15) is 11.6 Å². The van der Waals surface area contributed by atoms with Crippen LogP contribution in [0.4, 0.5) is 4.39 Å². The Hall–Kier alpha value is -3.24. The van der Waals surface area contributed by atoms with Crippen molar-refractivity contribution in [2.45, 2.75) is 51.2 Å². The van der Waals surface area contributed by atoms with Crippen LogP contribution in [0.3, 0.4) is 0 Å². The first kappa shape index (κ1) is 24.2. The number of amides is 1. The highest BCUT2D eigenvalue weighted by molar-refractivity contribution is 5.81. The first-order chi connectivity index (χ1) is 20.2. The van der Waals surface area contributed by atoms with E-state index in [-0.39, 0.29) is 34.5 Å². The third kappa shape index (κ3) is 1.99. The second-order valence-corrected chi connectivity index (χ2v) is 14.1. The van der Waals surface area contributed by atoms with Crippen LogP contribution in [0.25, 0.3) is 11.5 Å². The van der Waals surface area contributed by atoms with Gasteiger partial charge in [0.25, 0.3) is 0 Å². The number of imidazole rings is 1. The van der Waals surface area contributed by atoms with E-state index in [1.165, 1.54) is 0 Å². The number of nitrogens with zero attached hydrogens (tertiary/aromatic N) is 5. The van der Waals surface area contributed by atoms with E-state index in [0.717, 1.165) is 35.7 Å². The summed E-state index contributed by atoms with van der Waals surface area (Å²) in [6.07, 6.45) is 4.71. The third-order valence-electron chi connectivity index (χ3n) is 13.2. The molecule has 9 rings (SSSR count). The Balaban J connectivity index is 1.08. The van der Waals surface area contributed by atoms with Crippen molar-refractivity contribution in [3.05, 3.63) is 63.2 Å². The van der Waals surface area contributed by atoms with Crippen LogP contribution in [0.15, 0.2) is 29.3 Å². The molecule has 10 atom stereocenters. The van der Waals surface area contributed by atoms with Gasteiger partial charge in [-0.15, -0.1) is 0 Å². The molecule has 3 aromatic rings. The predicted molar refractivity (Wildman–Crippen MR) is 150 cm³/mol. The summed E-state index contributed by atoms with van der Waals surface area (Å²) in [5.41, 5.74) is 4.19. The van der Waals surface area contributed by atoms with Crippen LogP contribution >= 0.6 is 0 Å². The number of nitrogens with one attached hydrogen (secondary N) is 1. The molecule has 8 unspecified atom stereocenters. The van der Waals surface area contributed by atoms with Gasteiger partial charge in [-0.25, -0.2) is 13.9 Å². The highest BCUT2D eigenvalue weighted by atomic mass is 19.1. The second kappa shape index (κ2) is 6.94. The normalized spacial score (nSPS) is 41.3. The summed E-state index contributed by atoms with van der Waals surface area (Å²) in [5, 5.41) is 8.56. The lowest BCUT2D eigenvalue weighted by molar-refractivity contribution is -0.281. The molecule has 0 radical (unpaired) electrons.